The van der Waals surface area contributed by atoms with Crippen molar-refractivity contribution >= 4 is 17.5 Å². The van der Waals surface area contributed by atoms with E-state index < -0.39 is 0 Å². The molecule has 4 rings (SSSR count). The normalized spacial score (nSPS) is 16.7. The minimum atomic E-state index is -0.249. The molecule has 1 aromatic heterocycles. The molecule has 1 aliphatic rings. The van der Waals surface area contributed by atoms with Gasteiger partial charge in [-0.15, -0.1) is 0 Å². The first-order valence-electron chi connectivity index (χ1n) is 8.66. The molecule has 0 saturated carbocycles. The van der Waals surface area contributed by atoms with Gasteiger partial charge in [-0.1, -0.05) is 47.1 Å². The first-order valence-corrected chi connectivity index (χ1v) is 9.04. The van der Waals surface area contributed by atoms with Crippen molar-refractivity contribution in [2.45, 2.75) is 25.4 Å². The van der Waals surface area contributed by atoms with Crippen molar-refractivity contribution in [2.75, 3.05) is 7.11 Å². The highest BCUT2D eigenvalue weighted by molar-refractivity contribution is 6.31. The van der Waals surface area contributed by atoms with Crippen molar-refractivity contribution in [1.82, 2.24) is 15.0 Å². The van der Waals surface area contributed by atoms with Gasteiger partial charge >= 0.3 is 0 Å². The molecule has 2 heterocycles. The fourth-order valence-electron chi connectivity index (χ4n) is 3.25. The van der Waals surface area contributed by atoms with E-state index in [1.54, 1.807) is 12.0 Å². The number of ether oxygens (including phenoxy) is 1. The van der Waals surface area contributed by atoms with Crippen molar-refractivity contribution in [2.24, 2.45) is 0 Å². The Morgan fingerprint density at radius 1 is 1.26 bits per heavy atom. The van der Waals surface area contributed by atoms with Gasteiger partial charge in [-0.2, -0.15) is 4.98 Å². The van der Waals surface area contributed by atoms with Gasteiger partial charge < -0.3 is 14.2 Å². The largest absolute Gasteiger partial charge is 0.497 e. The summed E-state index contributed by atoms with van der Waals surface area (Å²) in [5, 5.41) is 4.72. The number of halogens is 1. The van der Waals surface area contributed by atoms with Gasteiger partial charge in [0.1, 0.15) is 11.8 Å². The Morgan fingerprint density at radius 3 is 2.93 bits per heavy atom. The number of likely N-dealkylation sites (tertiary alicyclic amines) is 1. The van der Waals surface area contributed by atoms with Crippen LogP contribution in [0.5, 0.6) is 5.75 Å². The number of hydrogen-bond donors (Lipinski definition) is 0. The molecule has 3 aromatic rings. The molecule has 0 aliphatic carbocycles. The quantitative estimate of drug-likeness (QED) is 0.658. The average molecular weight is 384 g/mol. The van der Waals surface area contributed by atoms with E-state index in [9.17, 15) is 4.79 Å². The Hall–Kier alpha value is -2.86. The minimum absolute atomic E-state index is 0.0565. The fraction of sp³-hybridized carbons (Fsp3) is 0.250. The molecule has 7 heteroatoms. The maximum Gasteiger partial charge on any atom is 0.249 e. The lowest BCUT2D eigenvalue weighted by Crippen LogP contribution is -2.27. The van der Waals surface area contributed by atoms with Crippen molar-refractivity contribution in [1.29, 1.82) is 0 Å². The van der Waals surface area contributed by atoms with E-state index in [0.29, 0.717) is 36.1 Å². The Morgan fingerprint density at radius 2 is 2.11 bits per heavy atom. The number of rotatable bonds is 5. The van der Waals surface area contributed by atoms with Crippen LogP contribution in [0.4, 0.5) is 0 Å². The van der Waals surface area contributed by atoms with Crippen LogP contribution in [0.2, 0.25) is 5.02 Å². The monoisotopic (exact) mass is 383 g/mol. The van der Waals surface area contributed by atoms with E-state index in [-0.39, 0.29) is 11.9 Å². The van der Waals surface area contributed by atoms with Crippen molar-refractivity contribution in [3.8, 4) is 17.1 Å². The Bertz CT molecular complexity index is 972. The van der Waals surface area contributed by atoms with Crippen LogP contribution in [0.1, 0.15) is 30.3 Å². The van der Waals surface area contributed by atoms with E-state index in [2.05, 4.69) is 10.1 Å². The van der Waals surface area contributed by atoms with E-state index in [1.807, 2.05) is 48.5 Å². The van der Waals surface area contributed by atoms with Gasteiger partial charge in [0.15, 0.2) is 0 Å². The number of benzene rings is 2. The molecule has 1 amide bonds. The first kappa shape index (κ1) is 17.5. The molecule has 0 N–H and O–H groups in total. The number of amides is 1. The SMILES string of the molecule is COc1cccc(-c2noc(C3CCC(=O)N3Cc3ccccc3Cl)n2)c1. The third-order valence-electron chi connectivity index (χ3n) is 4.68. The summed E-state index contributed by atoms with van der Waals surface area (Å²) < 4.78 is 10.7. The van der Waals surface area contributed by atoms with Gasteiger partial charge in [-0.05, 0) is 30.2 Å². The van der Waals surface area contributed by atoms with E-state index in [0.717, 1.165) is 16.9 Å². The van der Waals surface area contributed by atoms with Gasteiger partial charge in [0.05, 0.1) is 7.11 Å². The van der Waals surface area contributed by atoms with Crippen LogP contribution in [-0.4, -0.2) is 28.1 Å². The van der Waals surface area contributed by atoms with E-state index >= 15 is 0 Å². The predicted molar refractivity (Wildman–Crippen MR) is 100 cm³/mol. The molecule has 0 spiro atoms. The smallest absolute Gasteiger partial charge is 0.249 e. The zero-order chi connectivity index (χ0) is 18.8. The summed E-state index contributed by atoms with van der Waals surface area (Å²) in [6, 6.07) is 14.7. The van der Waals surface area contributed by atoms with Crippen LogP contribution in [0.3, 0.4) is 0 Å². The van der Waals surface area contributed by atoms with Crippen LogP contribution < -0.4 is 4.74 Å². The predicted octanol–water partition coefficient (Wildman–Crippen LogP) is 4.26. The van der Waals surface area contributed by atoms with Gasteiger partial charge in [-0.25, -0.2) is 0 Å². The summed E-state index contributed by atoms with van der Waals surface area (Å²) >= 11 is 6.26. The number of hydrogen-bond acceptors (Lipinski definition) is 5. The fourth-order valence-corrected chi connectivity index (χ4v) is 3.44. The molecule has 2 aromatic carbocycles. The van der Waals surface area contributed by atoms with Gasteiger partial charge in [-0.3, -0.25) is 4.79 Å². The van der Waals surface area contributed by atoms with Crippen LogP contribution in [0.15, 0.2) is 53.1 Å². The van der Waals surface area contributed by atoms with Crippen LogP contribution in [0, 0.1) is 0 Å². The summed E-state index contributed by atoms with van der Waals surface area (Å²) in [5.41, 5.74) is 1.69. The Balaban J connectivity index is 1.59. The topological polar surface area (TPSA) is 68.5 Å². The highest BCUT2D eigenvalue weighted by Gasteiger charge is 2.36. The number of carbonyl (C=O) groups excluding carboxylic acids is 1. The third kappa shape index (κ3) is 3.53. The van der Waals surface area contributed by atoms with Crippen molar-refractivity contribution in [3.05, 3.63) is 65.0 Å². The molecular formula is C20H18ClN3O3. The van der Waals surface area contributed by atoms with Gasteiger partial charge in [0, 0.05) is 23.6 Å². The van der Waals surface area contributed by atoms with Gasteiger partial charge in [0.2, 0.25) is 17.6 Å². The lowest BCUT2D eigenvalue weighted by molar-refractivity contribution is -0.129. The molecule has 27 heavy (non-hydrogen) atoms. The Labute approximate surface area is 161 Å². The highest BCUT2D eigenvalue weighted by Crippen LogP contribution is 2.35. The number of methoxy groups -OCH3 is 1. The molecule has 138 valence electrons. The summed E-state index contributed by atoms with van der Waals surface area (Å²) in [7, 11) is 1.61. The summed E-state index contributed by atoms with van der Waals surface area (Å²) in [5.74, 6) is 1.68. The van der Waals surface area contributed by atoms with Crippen LogP contribution >= 0.6 is 11.6 Å². The summed E-state index contributed by atoms with van der Waals surface area (Å²) in [4.78, 5) is 18.7. The second-order valence-electron chi connectivity index (χ2n) is 6.36. The first-order chi connectivity index (χ1) is 13.2. The minimum Gasteiger partial charge on any atom is -0.497 e. The number of carbonyl (C=O) groups is 1. The maximum absolute atomic E-state index is 12.4. The second kappa shape index (κ2) is 7.40. The molecule has 6 nitrogen and oxygen atoms in total. The van der Waals surface area contributed by atoms with Gasteiger partial charge in [0.25, 0.3) is 0 Å². The van der Waals surface area contributed by atoms with E-state index in [1.165, 1.54) is 0 Å². The molecule has 1 fully saturated rings. The molecule has 0 bridgehead atoms. The molecule has 0 radical (unpaired) electrons. The molecule has 1 unspecified atom stereocenters. The molecule has 1 aliphatic heterocycles. The summed E-state index contributed by atoms with van der Waals surface area (Å²) in [6.45, 7) is 0.417. The lowest BCUT2D eigenvalue weighted by atomic mass is 10.1. The second-order valence-corrected chi connectivity index (χ2v) is 6.76. The highest BCUT2D eigenvalue weighted by atomic mass is 35.5. The van der Waals surface area contributed by atoms with Crippen LogP contribution in [-0.2, 0) is 11.3 Å². The third-order valence-corrected chi connectivity index (χ3v) is 5.05. The Kier molecular flexibility index (Phi) is 4.81. The molecule has 1 atom stereocenters. The number of aromatic nitrogens is 2. The standard InChI is InChI=1S/C20H18ClN3O3/c1-26-15-7-4-6-13(11-15)19-22-20(27-23-19)17-9-10-18(25)24(17)12-14-5-2-3-8-16(14)21/h2-8,11,17H,9-10,12H2,1H3. The molecule has 1 saturated heterocycles. The van der Waals surface area contributed by atoms with Crippen molar-refractivity contribution < 1.29 is 14.1 Å². The number of nitrogens with zero attached hydrogens (tertiary/aromatic N) is 3. The lowest BCUT2D eigenvalue weighted by Gasteiger charge is -2.22. The zero-order valence-electron chi connectivity index (χ0n) is 14.8. The van der Waals surface area contributed by atoms with Crippen molar-refractivity contribution in [3.63, 3.8) is 0 Å². The zero-order valence-corrected chi connectivity index (χ0v) is 15.5. The van der Waals surface area contributed by atoms with E-state index in [4.69, 9.17) is 20.9 Å². The molecular weight excluding hydrogens is 366 g/mol. The van der Waals surface area contributed by atoms with Crippen LogP contribution in [0.25, 0.3) is 11.4 Å². The summed E-state index contributed by atoms with van der Waals surface area (Å²) in [6.07, 6.45) is 1.09. The average Bonchev–Trinajstić information content (AvgIpc) is 3.31. The maximum atomic E-state index is 12.4.